The predicted octanol–water partition coefficient (Wildman–Crippen LogP) is 4.40. The Hall–Kier alpha value is -0.710. The lowest BCUT2D eigenvalue weighted by Crippen LogP contribution is -2.12. The van der Waals surface area contributed by atoms with Crippen LogP contribution < -0.4 is 5.73 Å². The van der Waals surface area contributed by atoms with Crippen molar-refractivity contribution >= 4 is 31.9 Å². The van der Waals surface area contributed by atoms with Gasteiger partial charge in [0.15, 0.2) is 0 Å². The Labute approximate surface area is 116 Å². The Kier molecular flexibility index (Phi) is 3.97. The van der Waals surface area contributed by atoms with E-state index in [1.54, 1.807) is 6.07 Å². The average Bonchev–Trinajstić information content (AvgIpc) is 2.29. The van der Waals surface area contributed by atoms with Crippen LogP contribution >= 0.6 is 31.9 Å². The lowest BCUT2D eigenvalue weighted by atomic mass is 10.00. The fraction of sp³-hybridized carbons (Fsp3) is 0.0769. The molecule has 0 aliphatic rings. The summed E-state index contributed by atoms with van der Waals surface area (Å²) in [6.45, 7) is 0. The first-order chi connectivity index (χ1) is 8.08. The Morgan fingerprint density at radius 3 is 2.24 bits per heavy atom. The van der Waals surface area contributed by atoms with Gasteiger partial charge in [-0.2, -0.15) is 0 Å². The van der Waals surface area contributed by atoms with Crippen molar-refractivity contribution in [1.82, 2.24) is 0 Å². The van der Waals surface area contributed by atoms with Gasteiger partial charge in [-0.25, -0.2) is 4.39 Å². The molecule has 17 heavy (non-hydrogen) atoms. The normalized spacial score (nSPS) is 12.5. The molecule has 4 heteroatoms. The van der Waals surface area contributed by atoms with Crippen LogP contribution in [0.3, 0.4) is 0 Å². The number of nitrogens with two attached hydrogens (primary N) is 1. The quantitative estimate of drug-likeness (QED) is 0.845. The fourth-order valence-electron chi connectivity index (χ4n) is 1.60. The summed E-state index contributed by atoms with van der Waals surface area (Å²) in [5, 5.41) is 0. The highest BCUT2D eigenvalue weighted by molar-refractivity contribution is 9.10. The first kappa shape index (κ1) is 12.7. The molecule has 1 unspecified atom stereocenters. The number of hydrogen-bond acceptors (Lipinski definition) is 1. The highest BCUT2D eigenvalue weighted by Crippen LogP contribution is 2.28. The molecule has 1 atom stereocenters. The minimum atomic E-state index is -0.274. The Morgan fingerprint density at radius 1 is 1.00 bits per heavy atom. The summed E-state index contributed by atoms with van der Waals surface area (Å²) in [4.78, 5) is 0. The zero-order chi connectivity index (χ0) is 12.4. The van der Waals surface area contributed by atoms with Crippen molar-refractivity contribution in [3.05, 3.63) is 68.4 Å². The lowest BCUT2D eigenvalue weighted by molar-refractivity contribution is 0.625. The largest absolute Gasteiger partial charge is 0.320 e. The third-order valence-corrected chi connectivity index (χ3v) is 3.74. The highest BCUT2D eigenvalue weighted by Gasteiger charge is 2.12. The molecule has 0 aliphatic carbocycles. The topological polar surface area (TPSA) is 26.0 Å². The predicted molar refractivity (Wildman–Crippen MR) is 74.3 cm³/mol. The fourth-order valence-corrected chi connectivity index (χ4v) is 2.47. The van der Waals surface area contributed by atoms with Gasteiger partial charge in [0.05, 0.1) is 6.04 Å². The summed E-state index contributed by atoms with van der Waals surface area (Å²) >= 11 is 6.71. The SMILES string of the molecule is NC(c1ccc(Br)cc1)c1ccc(F)cc1Br. The molecule has 0 aliphatic heterocycles. The van der Waals surface area contributed by atoms with E-state index in [0.717, 1.165) is 15.6 Å². The van der Waals surface area contributed by atoms with E-state index in [4.69, 9.17) is 5.73 Å². The standard InChI is InChI=1S/C13H10Br2FN/c14-9-3-1-8(2-4-9)13(17)11-6-5-10(16)7-12(11)15/h1-7,13H,17H2. The van der Waals surface area contributed by atoms with Gasteiger partial charge >= 0.3 is 0 Å². The van der Waals surface area contributed by atoms with Gasteiger partial charge in [0.2, 0.25) is 0 Å². The summed E-state index contributed by atoms with van der Waals surface area (Å²) in [5.41, 5.74) is 8.01. The molecule has 0 heterocycles. The number of halogens is 3. The number of hydrogen-bond donors (Lipinski definition) is 1. The highest BCUT2D eigenvalue weighted by atomic mass is 79.9. The first-order valence-electron chi connectivity index (χ1n) is 5.04. The summed E-state index contributed by atoms with van der Waals surface area (Å²) < 4.78 is 14.7. The molecule has 2 N–H and O–H groups in total. The van der Waals surface area contributed by atoms with E-state index < -0.39 is 0 Å². The molecule has 0 bridgehead atoms. The van der Waals surface area contributed by atoms with E-state index in [-0.39, 0.29) is 11.9 Å². The molecule has 0 radical (unpaired) electrons. The molecule has 2 aromatic carbocycles. The summed E-state index contributed by atoms with van der Waals surface area (Å²) in [7, 11) is 0. The second kappa shape index (κ2) is 5.29. The van der Waals surface area contributed by atoms with E-state index in [9.17, 15) is 4.39 Å². The molecular weight excluding hydrogens is 349 g/mol. The Balaban J connectivity index is 2.36. The summed E-state index contributed by atoms with van der Waals surface area (Å²) in [5.74, 6) is -0.274. The van der Waals surface area contributed by atoms with E-state index in [1.807, 2.05) is 24.3 Å². The van der Waals surface area contributed by atoms with E-state index in [1.165, 1.54) is 12.1 Å². The van der Waals surface area contributed by atoms with Gasteiger partial charge in [0, 0.05) is 8.95 Å². The molecule has 2 aromatic rings. The van der Waals surface area contributed by atoms with Crippen molar-refractivity contribution in [2.75, 3.05) is 0 Å². The van der Waals surface area contributed by atoms with Gasteiger partial charge in [0.25, 0.3) is 0 Å². The van der Waals surface area contributed by atoms with Crippen molar-refractivity contribution < 1.29 is 4.39 Å². The van der Waals surface area contributed by atoms with Crippen molar-refractivity contribution in [2.45, 2.75) is 6.04 Å². The molecular formula is C13H10Br2FN. The monoisotopic (exact) mass is 357 g/mol. The van der Waals surface area contributed by atoms with Crippen LogP contribution in [-0.4, -0.2) is 0 Å². The van der Waals surface area contributed by atoms with Crippen molar-refractivity contribution in [3.8, 4) is 0 Å². The van der Waals surface area contributed by atoms with Gasteiger partial charge in [-0.05, 0) is 35.4 Å². The average molecular weight is 359 g/mol. The molecule has 0 saturated carbocycles. The van der Waals surface area contributed by atoms with Crippen LogP contribution in [0.1, 0.15) is 17.2 Å². The van der Waals surface area contributed by atoms with Crippen LogP contribution in [0.4, 0.5) is 4.39 Å². The maximum Gasteiger partial charge on any atom is 0.124 e. The molecule has 88 valence electrons. The summed E-state index contributed by atoms with van der Waals surface area (Å²) in [6.07, 6.45) is 0. The van der Waals surface area contributed by atoms with Crippen molar-refractivity contribution in [1.29, 1.82) is 0 Å². The van der Waals surface area contributed by atoms with Crippen LogP contribution in [0, 0.1) is 5.82 Å². The van der Waals surface area contributed by atoms with Gasteiger partial charge in [-0.15, -0.1) is 0 Å². The van der Waals surface area contributed by atoms with Crippen LogP contribution in [0.5, 0.6) is 0 Å². The molecule has 0 saturated heterocycles. The van der Waals surface area contributed by atoms with Crippen LogP contribution in [0.2, 0.25) is 0 Å². The molecule has 1 nitrogen and oxygen atoms in total. The Morgan fingerprint density at radius 2 is 1.65 bits per heavy atom. The maximum absolute atomic E-state index is 13.0. The second-order valence-corrected chi connectivity index (χ2v) is 5.47. The summed E-state index contributed by atoms with van der Waals surface area (Å²) in [6, 6.07) is 12.0. The zero-order valence-electron chi connectivity index (χ0n) is 8.83. The number of benzene rings is 2. The van der Waals surface area contributed by atoms with E-state index in [2.05, 4.69) is 31.9 Å². The lowest BCUT2D eigenvalue weighted by Gasteiger charge is -2.14. The maximum atomic E-state index is 13.0. The third kappa shape index (κ3) is 2.94. The minimum absolute atomic E-state index is 0.266. The third-order valence-electron chi connectivity index (χ3n) is 2.53. The molecule has 2 rings (SSSR count). The van der Waals surface area contributed by atoms with Crippen LogP contribution in [0.25, 0.3) is 0 Å². The van der Waals surface area contributed by atoms with Crippen LogP contribution in [0.15, 0.2) is 51.4 Å². The molecule has 0 fully saturated rings. The van der Waals surface area contributed by atoms with Crippen molar-refractivity contribution in [3.63, 3.8) is 0 Å². The van der Waals surface area contributed by atoms with Gasteiger partial charge < -0.3 is 5.73 Å². The smallest absolute Gasteiger partial charge is 0.124 e. The molecule has 0 aromatic heterocycles. The Bertz CT molecular complexity index is 525. The van der Waals surface area contributed by atoms with Gasteiger partial charge in [0.1, 0.15) is 5.82 Å². The zero-order valence-corrected chi connectivity index (χ0v) is 12.0. The second-order valence-electron chi connectivity index (χ2n) is 3.70. The number of rotatable bonds is 2. The molecule has 0 amide bonds. The van der Waals surface area contributed by atoms with E-state index >= 15 is 0 Å². The van der Waals surface area contributed by atoms with Crippen LogP contribution in [-0.2, 0) is 0 Å². The minimum Gasteiger partial charge on any atom is -0.320 e. The van der Waals surface area contributed by atoms with Gasteiger partial charge in [-0.1, -0.05) is 50.1 Å². The van der Waals surface area contributed by atoms with E-state index in [0.29, 0.717) is 4.47 Å². The first-order valence-corrected chi connectivity index (χ1v) is 6.62. The molecule has 0 spiro atoms. The van der Waals surface area contributed by atoms with Gasteiger partial charge in [-0.3, -0.25) is 0 Å². The van der Waals surface area contributed by atoms with Crippen molar-refractivity contribution in [2.24, 2.45) is 5.73 Å².